The van der Waals surface area contributed by atoms with Crippen LogP contribution in [0.5, 0.6) is 0 Å². The summed E-state index contributed by atoms with van der Waals surface area (Å²) < 4.78 is 5.32. The van der Waals surface area contributed by atoms with Gasteiger partial charge in [-0.05, 0) is 39.5 Å². The minimum Gasteiger partial charge on any atom is -0.444 e. The number of hydrogen-bond acceptors (Lipinski definition) is 3. The van der Waals surface area contributed by atoms with Crippen molar-refractivity contribution in [3.05, 3.63) is 0 Å². The maximum Gasteiger partial charge on any atom is 0.410 e. The van der Waals surface area contributed by atoms with E-state index in [2.05, 4.69) is 15.9 Å². The number of carbonyl (C=O) groups is 2. The fraction of sp³-hybridized carbons (Fsp3) is 0.833. The van der Waals surface area contributed by atoms with Gasteiger partial charge >= 0.3 is 6.09 Å². The first-order valence-electron chi connectivity index (χ1n) is 5.91. The van der Waals surface area contributed by atoms with Gasteiger partial charge in [0, 0.05) is 13.1 Å². The van der Waals surface area contributed by atoms with Crippen molar-refractivity contribution in [3.63, 3.8) is 0 Å². The molecule has 2 atom stereocenters. The molecule has 1 aliphatic heterocycles. The van der Waals surface area contributed by atoms with Crippen LogP contribution in [0.4, 0.5) is 4.79 Å². The van der Waals surface area contributed by atoms with Crippen molar-refractivity contribution in [2.45, 2.75) is 44.0 Å². The molecule has 5 heteroatoms. The van der Waals surface area contributed by atoms with Gasteiger partial charge in [0.1, 0.15) is 11.9 Å². The highest BCUT2D eigenvalue weighted by Crippen LogP contribution is 2.24. The summed E-state index contributed by atoms with van der Waals surface area (Å²) in [5.74, 6) is 0.189. The second-order valence-electron chi connectivity index (χ2n) is 5.41. The van der Waals surface area contributed by atoms with Crippen LogP contribution < -0.4 is 0 Å². The Morgan fingerprint density at radius 2 is 2.18 bits per heavy atom. The zero-order valence-corrected chi connectivity index (χ0v) is 12.2. The molecule has 4 nitrogen and oxygen atoms in total. The van der Waals surface area contributed by atoms with Crippen LogP contribution in [-0.2, 0) is 9.53 Å². The molecule has 0 saturated carbocycles. The summed E-state index contributed by atoms with van der Waals surface area (Å²) >= 11 is 3.33. The van der Waals surface area contributed by atoms with Gasteiger partial charge in [-0.3, -0.25) is 0 Å². The van der Waals surface area contributed by atoms with Crippen LogP contribution in [0.15, 0.2) is 0 Å². The Hall–Kier alpha value is -0.580. The van der Waals surface area contributed by atoms with E-state index in [4.69, 9.17) is 4.74 Å². The van der Waals surface area contributed by atoms with Gasteiger partial charge in [0.2, 0.25) is 0 Å². The molecule has 1 saturated heterocycles. The third-order valence-electron chi connectivity index (χ3n) is 2.69. The zero-order valence-electron chi connectivity index (χ0n) is 10.6. The van der Waals surface area contributed by atoms with Gasteiger partial charge < -0.3 is 14.4 Å². The predicted molar refractivity (Wildman–Crippen MR) is 69.3 cm³/mol. The number of rotatable bonds is 2. The summed E-state index contributed by atoms with van der Waals surface area (Å²) in [7, 11) is 0. The van der Waals surface area contributed by atoms with Crippen LogP contribution in [0.3, 0.4) is 0 Å². The van der Waals surface area contributed by atoms with Gasteiger partial charge in [0.05, 0.1) is 4.83 Å². The molecule has 1 fully saturated rings. The SMILES string of the molecule is CC(C)(C)OC(=O)N1CCCC(C(Br)C=O)C1. The molecule has 0 aliphatic carbocycles. The van der Waals surface area contributed by atoms with Crippen LogP contribution in [0, 0.1) is 5.92 Å². The molecule has 1 heterocycles. The van der Waals surface area contributed by atoms with Gasteiger partial charge in [-0.1, -0.05) is 15.9 Å². The van der Waals surface area contributed by atoms with Gasteiger partial charge in [-0.2, -0.15) is 0 Å². The smallest absolute Gasteiger partial charge is 0.410 e. The van der Waals surface area contributed by atoms with Crippen molar-refractivity contribution in [3.8, 4) is 0 Å². The molecular weight excluding hydrogens is 286 g/mol. The first-order chi connectivity index (χ1) is 7.83. The molecule has 1 rings (SSSR count). The highest BCUT2D eigenvalue weighted by molar-refractivity contribution is 9.10. The van der Waals surface area contributed by atoms with Crippen LogP contribution in [0.25, 0.3) is 0 Å². The minimum absolute atomic E-state index is 0.173. The summed E-state index contributed by atoms with van der Waals surface area (Å²) in [5, 5.41) is 0. The number of alkyl halides is 1. The molecular formula is C12H20BrNO3. The minimum atomic E-state index is -0.470. The quantitative estimate of drug-likeness (QED) is 0.582. The molecule has 1 aliphatic rings. The fourth-order valence-electron chi connectivity index (χ4n) is 1.87. The Kier molecular flexibility index (Phi) is 4.98. The van der Waals surface area contributed by atoms with Crippen molar-refractivity contribution in [2.24, 2.45) is 5.92 Å². The Bertz CT molecular complexity index is 288. The monoisotopic (exact) mass is 305 g/mol. The van der Waals surface area contributed by atoms with Crippen molar-refractivity contribution in [1.29, 1.82) is 0 Å². The van der Waals surface area contributed by atoms with Gasteiger partial charge in [-0.15, -0.1) is 0 Å². The van der Waals surface area contributed by atoms with Crippen molar-refractivity contribution in [1.82, 2.24) is 4.90 Å². The average molecular weight is 306 g/mol. The Labute approximate surface area is 111 Å². The third kappa shape index (κ3) is 4.66. The molecule has 0 bridgehead atoms. The Morgan fingerprint density at radius 3 is 2.71 bits per heavy atom. The molecule has 0 radical (unpaired) electrons. The number of aldehydes is 1. The standard InChI is InChI=1S/C12H20BrNO3/c1-12(2,3)17-11(16)14-6-4-5-9(7-14)10(13)8-15/h8-10H,4-7H2,1-3H3. The summed E-state index contributed by atoms with van der Waals surface area (Å²) in [6.07, 6.45) is 2.49. The number of ether oxygens (including phenoxy) is 1. The lowest BCUT2D eigenvalue weighted by Crippen LogP contribution is -2.44. The second kappa shape index (κ2) is 5.85. The van der Waals surface area contributed by atoms with Crippen LogP contribution in [-0.4, -0.2) is 40.8 Å². The second-order valence-corrected chi connectivity index (χ2v) is 6.47. The molecule has 0 aromatic rings. The molecule has 0 aromatic carbocycles. The molecule has 0 spiro atoms. The summed E-state index contributed by atoms with van der Waals surface area (Å²) in [6, 6.07) is 0. The molecule has 0 N–H and O–H groups in total. The maximum absolute atomic E-state index is 11.9. The number of likely N-dealkylation sites (tertiary alicyclic amines) is 1. The topological polar surface area (TPSA) is 46.6 Å². The normalized spacial score (nSPS) is 23.1. The van der Waals surface area contributed by atoms with E-state index >= 15 is 0 Å². The molecule has 98 valence electrons. The van der Waals surface area contributed by atoms with Crippen molar-refractivity contribution >= 4 is 28.3 Å². The summed E-state index contributed by atoms with van der Waals surface area (Å²) in [6.45, 7) is 6.86. The van der Waals surface area contributed by atoms with E-state index in [1.54, 1.807) is 4.90 Å². The zero-order chi connectivity index (χ0) is 13.1. The largest absolute Gasteiger partial charge is 0.444 e. The number of nitrogens with zero attached hydrogens (tertiary/aromatic N) is 1. The van der Waals surface area contributed by atoms with Gasteiger partial charge in [0.15, 0.2) is 0 Å². The van der Waals surface area contributed by atoms with E-state index in [-0.39, 0.29) is 16.8 Å². The lowest BCUT2D eigenvalue weighted by Gasteiger charge is -2.34. The molecule has 0 aromatic heterocycles. The first-order valence-corrected chi connectivity index (χ1v) is 6.82. The summed E-state index contributed by atoms with van der Waals surface area (Å²) in [5.41, 5.74) is -0.470. The lowest BCUT2D eigenvalue weighted by atomic mass is 9.95. The highest BCUT2D eigenvalue weighted by Gasteiger charge is 2.30. The molecule has 2 unspecified atom stereocenters. The number of halogens is 1. The molecule has 1 amide bonds. The van der Waals surface area contributed by atoms with Crippen LogP contribution in [0.2, 0.25) is 0 Å². The molecule has 17 heavy (non-hydrogen) atoms. The number of piperidine rings is 1. The van der Waals surface area contributed by atoms with E-state index in [9.17, 15) is 9.59 Å². The van der Waals surface area contributed by atoms with Crippen molar-refractivity contribution in [2.75, 3.05) is 13.1 Å². The average Bonchev–Trinajstić information content (AvgIpc) is 2.26. The van der Waals surface area contributed by atoms with E-state index in [1.165, 1.54) is 0 Å². The number of carbonyl (C=O) groups excluding carboxylic acids is 2. The Morgan fingerprint density at radius 1 is 1.53 bits per heavy atom. The highest BCUT2D eigenvalue weighted by atomic mass is 79.9. The summed E-state index contributed by atoms with van der Waals surface area (Å²) in [4.78, 5) is 24.1. The number of hydrogen-bond donors (Lipinski definition) is 0. The Balaban J connectivity index is 2.54. The van der Waals surface area contributed by atoms with Crippen LogP contribution in [0.1, 0.15) is 33.6 Å². The van der Waals surface area contributed by atoms with Crippen molar-refractivity contribution < 1.29 is 14.3 Å². The maximum atomic E-state index is 11.9. The number of amides is 1. The third-order valence-corrected chi connectivity index (χ3v) is 3.65. The van der Waals surface area contributed by atoms with Gasteiger partial charge in [-0.25, -0.2) is 4.79 Å². The van der Waals surface area contributed by atoms with Gasteiger partial charge in [0.25, 0.3) is 0 Å². The van der Waals surface area contributed by atoms with E-state index in [0.29, 0.717) is 13.1 Å². The first kappa shape index (κ1) is 14.5. The predicted octanol–water partition coefficient (Wildman–Crippen LogP) is 2.60. The van der Waals surface area contributed by atoms with Crippen LogP contribution >= 0.6 is 15.9 Å². The van der Waals surface area contributed by atoms with E-state index in [1.807, 2.05) is 20.8 Å². The van der Waals surface area contributed by atoms with E-state index < -0.39 is 5.60 Å². The van der Waals surface area contributed by atoms with E-state index in [0.717, 1.165) is 19.1 Å². The lowest BCUT2D eigenvalue weighted by molar-refractivity contribution is -0.108. The fourth-order valence-corrected chi connectivity index (χ4v) is 2.30.